The van der Waals surface area contributed by atoms with E-state index in [9.17, 15) is 0 Å². The lowest BCUT2D eigenvalue weighted by molar-refractivity contribution is 0.895. The topological polar surface area (TPSA) is 56.0 Å². The highest BCUT2D eigenvalue weighted by Gasteiger charge is 2.14. The molecule has 0 aliphatic heterocycles. The number of aryl methyl sites for hydroxylation is 1. The second-order valence-electron chi connectivity index (χ2n) is 6.17. The first-order chi connectivity index (χ1) is 12.8. The first-order valence-corrected chi connectivity index (χ1v) is 8.44. The Hall–Kier alpha value is -3.60. The summed E-state index contributed by atoms with van der Waals surface area (Å²) in [6.45, 7) is 1.90. The van der Waals surface area contributed by atoms with Gasteiger partial charge >= 0.3 is 0 Å². The SMILES string of the molecule is Cc1nnc2c(=Cc3cccc4ccccc34)c(-c3ccccn3)nn12. The molecule has 0 radical (unpaired) electrons. The van der Waals surface area contributed by atoms with Crippen molar-refractivity contribution in [1.29, 1.82) is 0 Å². The molecule has 0 amide bonds. The van der Waals surface area contributed by atoms with Gasteiger partial charge in [-0.15, -0.1) is 10.2 Å². The van der Waals surface area contributed by atoms with Crippen molar-refractivity contribution >= 4 is 22.5 Å². The van der Waals surface area contributed by atoms with E-state index >= 15 is 0 Å². The number of fused-ring (bicyclic) bond motifs is 2. The van der Waals surface area contributed by atoms with Crippen LogP contribution in [0, 0.1) is 6.92 Å². The van der Waals surface area contributed by atoms with Crippen molar-refractivity contribution in [2.75, 3.05) is 0 Å². The van der Waals surface area contributed by atoms with E-state index in [1.165, 1.54) is 10.8 Å². The minimum atomic E-state index is 0.746. The van der Waals surface area contributed by atoms with Crippen LogP contribution in [0.3, 0.4) is 0 Å². The molecule has 26 heavy (non-hydrogen) atoms. The number of hydrogen-bond donors (Lipinski definition) is 0. The minimum Gasteiger partial charge on any atom is -0.255 e. The highest BCUT2D eigenvalue weighted by Crippen LogP contribution is 2.20. The van der Waals surface area contributed by atoms with Crippen LogP contribution in [0.4, 0.5) is 0 Å². The minimum absolute atomic E-state index is 0.746. The van der Waals surface area contributed by atoms with Gasteiger partial charge in [-0.05, 0) is 41.5 Å². The van der Waals surface area contributed by atoms with Gasteiger partial charge < -0.3 is 0 Å². The molecule has 0 N–H and O–H groups in total. The van der Waals surface area contributed by atoms with Crippen LogP contribution in [-0.4, -0.2) is 24.8 Å². The third-order valence-corrected chi connectivity index (χ3v) is 4.52. The van der Waals surface area contributed by atoms with Gasteiger partial charge in [-0.2, -0.15) is 9.61 Å². The van der Waals surface area contributed by atoms with E-state index in [1.807, 2.05) is 25.1 Å². The van der Waals surface area contributed by atoms with E-state index < -0.39 is 0 Å². The molecule has 0 aliphatic rings. The molecule has 3 heterocycles. The van der Waals surface area contributed by atoms with Crippen molar-refractivity contribution in [2.45, 2.75) is 6.92 Å². The van der Waals surface area contributed by atoms with Gasteiger partial charge in [0.15, 0.2) is 11.5 Å². The summed E-state index contributed by atoms with van der Waals surface area (Å²) in [6.07, 6.45) is 3.91. The average molecular weight is 337 g/mol. The van der Waals surface area contributed by atoms with E-state index in [1.54, 1.807) is 10.7 Å². The molecule has 0 fully saturated rings. The van der Waals surface area contributed by atoms with Gasteiger partial charge in [0.2, 0.25) is 0 Å². The maximum atomic E-state index is 4.72. The van der Waals surface area contributed by atoms with Gasteiger partial charge in [0, 0.05) is 6.20 Å². The summed E-state index contributed by atoms with van der Waals surface area (Å²) in [5.41, 5.74) is 3.50. The fourth-order valence-corrected chi connectivity index (χ4v) is 3.26. The van der Waals surface area contributed by atoms with Crippen LogP contribution in [0.25, 0.3) is 33.9 Å². The number of pyridine rings is 1. The Bertz CT molecular complexity index is 1280. The number of nitrogens with zero attached hydrogens (tertiary/aromatic N) is 5. The van der Waals surface area contributed by atoms with Crippen molar-refractivity contribution in [3.63, 3.8) is 0 Å². The quantitative estimate of drug-likeness (QED) is 0.496. The van der Waals surface area contributed by atoms with Gasteiger partial charge in [-0.3, -0.25) is 4.98 Å². The van der Waals surface area contributed by atoms with Crippen LogP contribution in [0.2, 0.25) is 0 Å². The molecule has 0 spiro atoms. The van der Waals surface area contributed by atoms with Crippen LogP contribution in [0.1, 0.15) is 11.4 Å². The first kappa shape index (κ1) is 14.7. The third kappa shape index (κ3) is 2.25. The Morgan fingerprint density at radius 1 is 0.885 bits per heavy atom. The molecule has 2 aromatic carbocycles. The van der Waals surface area contributed by atoms with E-state index in [4.69, 9.17) is 5.10 Å². The summed E-state index contributed by atoms with van der Waals surface area (Å²) in [4.78, 5) is 4.47. The second kappa shape index (κ2) is 5.74. The largest absolute Gasteiger partial charge is 0.255 e. The summed E-state index contributed by atoms with van der Waals surface area (Å²) in [5, 5.41) is 16.5. The highest BCUT2D eigenvalue weighted by molar-refractivity contribution is 5.91. The zero-order valence-electron chi connectivity index (χ0n) is 14.2. The molecule has 124 valence electrons. The van der Waals surface area contributed by atoms with Crippen LogP contribution < -0.4 is 5.22 Å². The van der Waals surface area contributed by atoms with Crippen molar-refractivity contribution in [2.24, 2.45) is 0 Å². The first-order valence-electron chi connectivity index (χ1n) is 8.44. The molecule has 5 aromatic rings. The standard InChI is InChI=1S/C21H15N5/c1-14-23-24-21-18(20(25-26(14)21)19-11-4-5-12-22-19)13-16-9-6-8-15-7-2-3-10-17(15)16/h2-13H,1H3. The van der Waals surface area contributed by atoms with Gasteiger partial charge in [-0.25, -0.2) is 0 Å². The summed E-state index contributed by atoms with van der Waals surface area (Å²) in [6, 6.07) is 20.5. The zero-order chi connectivity index (χ0) is 17.5. The number of rotatable bonds is 2. The van der Waals surface area contributed by atoms with Crippen molar-refractivity contribution < 1.29 is 0 Å². The maximum Gasteiger partial charge on any atom is 0.187 e. The molecular weight excluding hydrogens is 322 g/mol. The summed E-state index contributed by atoms with van der Waals surface area (Å²) < 4.78 is 1.78. The van der Waals surface area contributed by atoms with Gasteiger partial charge in [-0.1, -0.05) is 48.5 Å². The molecule has 5 heteroatoms. The van der Waals surface area contributed by atoms with Crippen molar-refractivity contribution in [3.8, 4) is 11.4 Å². The fourth-order valence-electron chi connectivity index (χ4n) is 3.26. The smallest absolute Gasteiger partial charge is 0.187 e. The summed E-state index contributed by atoms with van der Waals surface area (Å²) in [7, 11) is 0. The number of benzene rings is 2. The maximum absolute atomic E-state index is 4.72. The second-order valence-corrected chi connectivity index (χ2v) is 6.17. The molecule has 0 aliphatic carbocycles. The van der Waals surface area contributed by atoms with Crippen molar-refractivity contribution in [1.82, 2.24) is 24.8 Å². The van der Waals surface area contributed by atoms with Gasteiger partial charge in [0.1, 0.15) is 5.69 Å². The Balaban J connectivity index is 1.87. The molecular formula is C21H15N5. The van der Waals surface area contributed by atoms with Crippen LogP contribution in [-0.2, 0) is 0 Å². The molecule has 3 aromatic heterocycles. The van der Waals surface area contributed by atoms with Crippen LogP contribution in [0.15, 0.2) is 66.9 Å². The molecule has 0 unspecified atom stereocenters. The van der Waals surface area contributed by atoms with Gasteiger partial charge in [0.25, 0.3) is 0 Å². The summed E-state index contributed by atoms with van der Waals surface area (Å²) in [5.74, 6) is 0.759. The number of aromatic nitrogens is 5. The summed E-state index contributed by atoms with van der Waals surface area (Å²) >= 11 is 0. The Labute approximate surface area is 149 Å². The molecule has 0 bridgehead atoms. The zero-order valence-corrected chi connectivity index (χ0v) is 14.2. The predicted molar refractivity (Wildman–Crippen MR) is 101 cm³/mol. The van der Waals surface area contributed by atoms with E-state index in [2.05, 4.69) is 63.7 Å². The molecule has 5 rings (SSSR count). The van der Waals surface area contributed by atoms with E-state index in [0.29, 0.717) is 0 Å². The monoisotopic (exact) mass is 337 g/mol. The Morgan fingerprint density at radius 3 is 2.62 bits per heavy atom. The van der Waals surface area contributed by atoms with Crippen LogP contribution >= 0.6 is 0 Å². The lowest BCUT2D eigenvalue weighted by atomic mass is 10.0. The Morgan fingerprint density at radius 2 is 1.73 bits per heavy atom. The van der Waals surface area contributed by atoms with Crippen LogP contribution in [0.5, 0.6) is 0 Å². The van der Waals surface area contributed by atoms with Crippen molar-refractivity contribution in [3.05, 3.63) is 83.5 Å². The average Bonchev–Trinajstić information content (AvgIpc) is 3.23. The molecule has 0 saturated heterocycles. The normalized spacial score (nSPS) is 12.3. The molecule has 0 atom stereocenters. The number of hydrogen-bond acceptors (Lipinski definition) is 4. The highest BCUT2D eigenvalue weighted by atomic mass is 15.4. The Kier molecular flexibility index (Phi) is 3.25. The lowest BCUT2D eigenvalue weighted by Crippen LogP contribution is -2.05. The lowest BCUT2D eigenvalue weighted by Gasteiger charge is -2.01. The van der Waals surface area contributed by atoms with E-state index in [-0.39, 0.29) is 0 Å². The van der Waals surface area contributed by atoms with Gasteiger partial charge in [0.05, 0.1) is 10.9 Å². The molecule has 5 nitrogen and oxygen atoms in total. The predicted octanol–water partition coefficient (Wildman–Crippen LogP) is 3.20. The fraction of sp³-hybridized carbons (Fsp3) is 0.0476. The molecule has 0 saturated carbocycles. The van der Waals surface area contributed by atoms with E-state index in [0.717, 1.165) is 33.6 Å². The third-order valence-electron chi connectivity index (χ3n) is 4.52.